The Morgan fingerprint density at radius 3 is 2.00 bits per heavy atom. The summed E-state index contributed by atoms with van der Waals surface area (Å²) in [6.45, 7) is 0.521. The SMILES string of the molecule is NC(N)=NCCCC(N)C(=O)NC(Cc1ccc(O)cc1)C(=O)N1CCCC1C(=O)NC(Cc1ccc(O)cc1)C(=O)O. The van der Waals surface area contributed by atoms with Gasteiger partial charge in [-0.25, -0.2) is 4.79 Å². The van der Waals surface area contributed by atoms with Crippen molar-refractivity contribution in [1.29, 1.82) is 0 Å². The number of amides is 3. The van der Waals surface area contributed by atoms with Gasteiger partial charge in [0.1, 0.15) is 29.6 Å². The molecule has 11 N–H and O–H groups in total. The Hall–Kier alpha value is -4.85. The highest BCUT2D eigenvalue weighted by Gasteiger charge is 2.39. The molecule has 2 aromatic rings. The molecular formula is C29H39N7O7. The Bertz CT molecular complexity index is 1300. The lowest BCUT2D eigenvalue weighted by Gasteiger charge is -2.30. The Balaban J connectivity index is 1.73. The normalized spacial score (nSPS) is 16.5. The molecule has 1 aliphatic rings. The smallest absolute Gasteiger partial charge is 0.326 e. The molecule has 14 nitrogen and oxygen atoms in total. The van der Waals surface area contributed by atoms with Gasteiger partial charge >= 0.3 is 5.97 Å². The average Bonchev–Trinajstić information content (AvgIpc) is 3.46. The van der Waals surface area contributed by atoms with Crippen molar-refractivity contribution < 1.29 is 34.5 Å². The number of likely N-dealkylation sites (tertiary alicyclic amines) is 1. The molecule has 0 aromatic heterocycles. The summed E-state index contributed by atoms with van der Waals surface area (Å²) < 4.78 is 0. The molecule has 1 heterocycles. The van der Waals surface area contributed by atoms with Gasteiger partial charge in [-0.2, -0.15) is 0 Å². The van der Waals surface area contributed by atoms with Crippen LogP contribution in [0.2, 0.25) is 0 Å². The molecule has 3 amide bonds. The van der Waals surface area contributed by atoms with Crippen LogP contribution in [0.25, 0.3) is 0 Å². The first-order valence-corrected chi connectivity index (χ1v) is 14.0. The molecular weight excluding hydrogens is 558 g/mol. The van der Waals surface area contributed by atoms with Gasteiger partial charge in [0.05, 0.1) is 6.04 Å². The number of phenolic OH excluding ortho intramolecular Hbond substituents is 2. The maximum absolute atomic E-state index is 13.8. The summed E-state index contributed by atoms with van der Waals surface area (Å²) in [5.41, 5.74) is 17.9. The van der Waals surface area contributed by atoms with Crippen LogP contribution in [-0.4, -0.2) is 87.1 Å². The van der Waals surface area contributed by atoms with Crippen LogP contribution in [-0.2, 0) is 32.0 Å². The minimum absolute atomic E-state index is 0.0252. The van der Waals surface area contributed by atoms with E-state index in [9.17, 15) is 34.5 Å². The second kappa shape index (κ2) is 15.4. The molecule has 232 valence electrons. The van der Waals surface area contributed by atoms with Crippen LogP contribution < -0.4 is 27.8 Å². The molecule has 0 aliphatic carbocycles. The first-order chi connectivity index (χ1) is 20.4. The molecule has 1 fully saturated rings. The molecule has 4 unspecified atom stereocenters. The number of carboxylic acids is 1. The number of benzene rings is 2. The number of rotatable bonds is 14. The highest BCUT2D eigenvalue weighted by molar-refractivity contribution is 5.94. The van der Waals surface area contributed by atoms with Crippen molar-refractivity contribution in [3.05, 3.63) is 59.7 Å². The molecule has 0 bridgehead atoms. The van der Waals surface area contributed by atoms with Crippen LogP contribution in [0.15, 0.2) is 53.5 Å². The number of hydrogen-bond acceptors (Lipinski definition) is 8. The fourth-order valence-corrected chi connectivity index (χ4v) is 4.84. The summed E-state index contributed by atoms with van der Waals surface area (Å²) in [6, 6.07) is 7.88. The van der Waals surface area contributed by atoms with Crippen LogP contribution >= 0.6 is 0 Å². The van der Waals surface area contributed by atoms with Crippen molar-refractivity contribution in [2.24, 2.45) is 22.2 Å². The van der Waals surface area contributed by atoms with Crippen molar-refractivity contribution in [3.63, 3.8) is 0 Å². The Labute approximate surface area is 248 Å². The number of aromatic hydroxyl groups is 2. The first kappa shape index (κ1) is 32.7. The summed E-state index contributed by atoms with van der Waals surface area (Å²) in [5.74, 6) is -2.96. The van der Waals surface area contributed by atoms with Gasteiger partial charge in [-0.15, -0.1) is 0 Å². The number of carbonyl (C=O) groups excluding carboxylic acids is 3. The van der Waals surface area contributed by atoms with Crippen molar-refractivity contribution in [2.75, 3.05) is 13.1 Å². The Morgan fingerprint density at radius 2 is 1.47 bits per heavy atom. The standard InChI is InChI=1S/C29H39N7O7/c30-21(3-1-13-33-29(31)32)25(39)34-22(15-17-5-9-19(37)10-6-17)27(41)36-14-2-4-24(36)26(40)35-23(28(42)43)16-18-7-11-20(38)12-8-18/h5-12,21-24,37-38H,1-4,13-16,30H2,(H,34,39)(H,35,40)(H,42,43)(H4,31,32,33). The topological polar surface area (TPSA) is 247 Å². The zero-order valence-electron chi connectivity index (χ0n) is 23.7. The van der Waals surface area contributed by atoms with Gasteiger partial charge < -0.3 is 48.1 Å². The number of hydrogen-bond donors (Lipinski definition) is 8. The molecule has 4 atom stereocenters. The zero-order valence-corrected chi connectivity index (χ0v) is 23.7. The van der Waals surface area contributed by atoms with Crippen LogP contribution in [0.5, 0.6) is 11.5 Å². The van der Waals surface area contributed by atoms with E-state index in [0.29, 0.717) is 30.4 Å². The third kappa shape index (κ3) is 9.88. The van der Waals surface area contributed by atoms with Gasteiger partial charge in [-0.05, 0) is 61.1 Å². The van der Waals surface area contributed by atoms with Gasteiger partial charge in [0.15, 0.2) is 5.96 Å². The predicted octanol–water partition coefficient (Wildman–Crippen LogP) is -0.691. The average molecular weight is 598 g/mol. The lowest BCUT2D eigenvalue weighted by atomic mass is 10.0. The van der Waals surface area contributed by atoms with E-state index in [0.717, 1.165) is 0 Å². The number of carbonyl (C=O) groups is 4. The number of nitrogens with zero attached hydrogens (tertiary/aromatic N) is 2. The number of nitrogens with one attached hydrogen (secondary N) is 2. The van der Waals surface area contributed by atoms with Gasteiger partial charge in [0.25, 0.3) is 0 Å². The first-order valence-electron chi connectivity index (χ1n) is 14.0. The molecule has 3 rings (SSSR count). The third-order valence-electron chi connectivity index (χ3n) is 7.12. The van der Waals surface area contributed by atoms with E-state index in [1.165, 1.54) is 29.2 Å². The van der Waals surface area contributed by atoms with Gasteiger partial charge in [0.2, 0.25) is 17.7 Å². The minimum atomic E-state index is -1.26. The van der Waals surface area contributed by atoms with E-state index in [1.807, 2.05) is 0 Å². The van der Waals surface area contributed by atoms with Crippen LogP contribution in [0.3, 0.4) is 0 Å². The summed E-state index contributed by atoms with van der Waals surface area (Å²) in [5, 5.41) is 34.1. The van der Waals surface area contributed by atoms with E-state index in [4.69, 9.17) is 17.2 Å². The lowest BCUT2D eigenvalue weighted by Crippen LogP contribution is -2.57. The summed E-state index contributed by atoms with van der Waals surface area (Å²) in [4.78, 5) is 57.3. The van der Waals surface area contributed by atoms with E-state index in [2.05, 4.69) is 15.6 Å². The minimum Gasteiger partial charge on any atom is -0.508 e. The maximum atomic E-state index is 13.8. The monoisotopic (exact) mass is 597 g/mol. The highest BCUT2D eigenvalue weighted by Crippen LogP contribution is 2.21. The fraction of sp³-hybridized carbons (Fsp3) is 0.414. The zero-order chi connectivity index (χ0) is 31.5. The molecule has 0 saturated carbocycles. The molecule has 14 heteroatoms. The Kier molecular flexibility index (Phi) is 11.7. The number of carboxylic acid groups (broad SMARTS) is 1. The van der Waals surface area contributed by atoms with Crippen molar-refractivity contribution in [3.8, 4) is 11.5 Å². The summed E-state index contributed by atoms with van der Waals surface area (Å²) in [6.07, 6.45) is 1.55. The van der Waals surface area contributed by atoms with Crippen molar-refractivity contribution in [1.82, 2.24) is 15.5 Å². The lowest BCUT2D eigenvalue weighted by molar-refractivity contribution is -0.144. The highest BCUT2D eigenvalue weighted by atomic mass is 16.4. The number of guanidine groups is 1. The van der Waals surface area contributed by atoms with Crippen LogP contribution in [0, 0.1) is 0 Å². The number of aliphatic imine (C=N–C) groups is 1. The number of phenols is 2. The molecule has 0 spiro atoms. The quantitative estimate of drug-likeness (QED) is 0.0773. The largest absolute Gasteiger partial charge is 0.508 e. The third-order valence-corrected chi connectivity index (χ3v) is 7.12. The van der Waals surface area contributed by atoms with E-state index < -0.39 is 47.9 Å². The van der Waals surface area contributed by atoms with E-state index in [1.54, 1.807) is 24.3 Å². The fourth-order valence-electron chi connectivity index (χ4n) is 4.84. The molecule has 43 heavy (non-hydrogen) atoms. The number of nitrogens with two attached hydrogens (primary N) is 3. The maximum Gasteiger partial charge on any atom is 0.326 e. The number of aliphatic carboxylic acids is 1. The Morgan fingerprint density at radius 1 is 0.907 bits per heavy atom. The molecule has 0 radical (unpaired) electrons. The van der Waals surface area contributed by atoms with Crippen molar-refractivity contribution in [2.45, 2.75) is 62.7 Å². The van der Waals surface area contributed by atoms with Crippen LogP contribution in [0.4, 0.5) is 0 Å². The second-order valence-electron chi connectivity index (χ2n) is 10.4. The van der Waals surface area contributed by atoms with Gasteiger partial charge in [0, 0.05) is 25.9 Å². The van der Waals surface area contributed by atoms with E-state index in [-0.39, 0.29) is 49.8 Å². The summed E-state index contributed by atoms with van der Waals surface area (Å²) >= 11 is 0. The van der Waals surface area contributed by atoms with E-state index >= 15 is 0 Å². The van der Waals surface area contributed by atoms with Crippen LogP contribution in [0.1, 0.15) is 36.8 Å². The molecule has 1 saturated heterocycles. The predicted molar refractivity (Wildman–Crippen MR) is 158 cm³/mol. The van der Waals surface area contributed by atoms with Crippen molar-refractivity contribution >= 4 is 29.7 Å². The molecule has 2 aromatic carbocycles. The van der Waals surface area contributed by atoms with Gasteiger partial charge in [-0.1, -0.05) is 24.3 Å². The summed E-state index contributed by atoms with van der Waals surface area (Å²) in [7, 11) is 0. The van der Waals surface area contributed by atoms with Gasteiger partial charge in [-0.3, -0.25) is 19.4 Å². The molecule has 1 aliphatic heterocycles. The second-order valence-corrected chi connectivity index (χ2v) is 10.4.